The van der Waals surface area contributed by atoms with E-state index in [-0.39, 0.29) is 17.8 Å². The SMILES string of the molecule is c1ccc(-c2cc(-c3ccccc3)cc(C3c4ccccc4-c4cc(-c5ccc6c(c5)-c5ccccc5C6c5ccc6ccccc6c5)ccc43)c2)cc1.c1ccc(-c2cccc(-n3c4ccccc4c4cc(-c5ccc6c(c5)-c5ccccc5C6c5ccc6ccccc6c5)ccc43)c2)cc1. The second kappa shape index (κ2) is 24.5. The van der Waals surface area contributed by atoms with Crippen molar-refractivity contribution in [2.24, 2.45) is 0 Å². The molecule has 1 nitrogen and oxygen atoms in total. The van der Waals surface area contributed by atoms with Crippen molar-refractivity contribution in [1.29, 1.82) is 0 Å². The number of hydrogen-bond donors (Lipinski definition) is 0. The van der Waals surface area contributed by atoms with E-state index in [4.69, 9.17) is 0 Å². The molecule has 1 aromatic heterocycles. The molecule has 0 fully saturated rings. The lowest BCUT2D eigenvalue weighted by Gasteiger charge is -2.18. The van der Waals surface area contributed by atoms with Crippen molar-refractivity contribution >= 4 is 43.4 Å². The molecule has 3 aliphatic carbocycles. The molecule has 0 amide bonds. The van der Waals surface area contributed by atoms with Crippen molar-refractivity contribution in [3.63, 3.8) is 0 Å². The summed E-state index contributed by atoms with van der Waals surface area (Å²) in [5.41, 5.74) is 36.3. The third-order valence-electron chi connectivity index (χ3n) is 22.0. The highest BCUT2D eigenvalue weighted by atomic mass is 15.0. The molecule has 1 heteroatoms. The van der Waals surface area contributed by atoms with Gasteiger partial charge in [-0.2, -0.15) is 0 Å². The molecule has 0 saturated carbocycles. The Morgan fingerprint density at radius 3 is 1.03 bits per heavy atom. The van der Waals surface area contributed by atoms with Gasteiger partial charge in [0.2, 0.25) is 0 Å². The molecule has 0 radical (unpaired) electrons. The van der Waals surface area contributed by atoms with Crippen LogP contribution in [0.3, 0.4) is 0 Å². The molecule has 0 spiro atoms. The van der Waals surface area contributed by atoms with Gasteiger partial charge in [-0.05, 0) is 215 Å². The monoisotopic (exact) mass is 1290 g/mol. The van der Waals surface area contributed by atoms with Crippen molar-refractivity contribution in [2.75, 3.05) is 0 Å². The lowest BCUT2D eigenvalue weighted by atomic mass is 9.85. The maximum Gasteiger partial charge on any atom is 0.0541 e. The first-order valence-electron chi connectivity index (χ1n) is 35.7. The van der Waals surface area contributed by atoms with E-state index in [1.54, 1.807) is 0 Å². The van der Waals surface area contributed by atoms with Crippen LogP contribution in [0.15, 0.2) is 388 Å². The molecular weight excluding hydrogens is 1230 g/mol. The van der Waals surface area contributed by atoms with E-state index in [2.05, 4.69) is 393 Å². The molecule has 476 valence electrons. The Labute approximate surface area is 594 Å². The van der Waals surface area contributed by atoms with E-state index in [1.165, 1.54) is 188 Å². The van der Waals surface area contributed by atoms with Gasteiger partial charge in [-0.3, -0.25) is 0 Å². The first kappa shape index (κ1) is 59.1. The van der Waals surface area contributed by atoms with E-state index in [9.17, 15) is 0 Å². The maximum absolute atomic E-state index is 2.44. The normalized spacial score (nSPS) is 14.4. The van der Waals surface area contributed by atoms with Crippen molar-refractivity contribution in [3.05, 3.63) is 438 Å². The van der Waals surface area contributed by atoms with Gasteiger partial charge in [0.05, 0.1) is 11.0 Å². The first-order chi connectivity index (χ1) is 50.6. The first-order valence-corrected chi connectivity index (χ1v) is 35.7. The van der Waals surface area contributed by atoms with E-state index >= 15 is 0 Å². The average molecular weight is 1290 g/mol. The van der Waals surface area contributed by atoms with Crippen molar-refractivity contribution in [2.45, 2.75) is 17.8 Å². The lowest BCUT2D eigenvalue weighted by Crippen LogP contribution is -2.00. The van der Waals surface area contributed by atoms with Crippen LogP contribution < -0.4 is 0 Å². The smallest absolute Gasteiger partial charge is 0.0541 e. The third-order valence-corrected chi connectivity index (χ3v) is 22.0. The zero-order valence-corrected chi connectivity index (χ0v) is 56.1. The van der Waals surface area contributed by atoms with Gasteiger partial charge < -0.3 is 4.57 Å². The Kier molecular flexibility index (Phi) is 14.2. The Morgan fingerprint density at radius 2 is 0.529 bits per heavy atom. The second-order valence-electron chi connectivity index (χ2n) is 27.8. The number of rotatable bonds is 9. The highest BCUT2D eigenvalue weighted by molar-refractivity contribution is 6.11. The molecule has 0 bridgehead atoms. The molecule has 102 heavy (non-hydrogen) atoms. The molecule has 17 aromatic carbocycles. The number of nitrogens with zero attached hydrogens (tertiary/aromatic N) is 1. The van der Waals surface area contributed by atoms with Crippen LogP contribution in [0.2, 0.25) is 0 Å². The van der Waals surface area contributed by atoms with Gasteiger partial charge in [0.15, 0.2) is 0 Å². The van der Waals surface area contributed by atoms with Gasteiger partial charge in [0.1, 0.15) is 0 Å². The Balaban J connectivity index is 0.000000138. The summed E-state index contributed by atoms with van der Waals surface area (Å²) in [6.45, 7) is 0. The highest BCUT2D eigenvalue weighted by Gasteiger charge is 2.34. The van der Waals surface area contributed by atoms with Gasteiger partial charge >= 0.3 is 0 Å². The molecule has 0 saturated heterocycles. The van der Waals surface area contributed by atoms with Crippen LogP contribution in [0.5, 0.6) is 0 Å². The quantitative estimate of drug-likeness (QED) is 0.136. The summed E-state index contributed by atoms with van der Waals surface area (Å²) in [7, 11) is 0. The fourth-order valence-electron chi connectivity index (χ4n) is 17.3. The number of fused-ring (bicyclic) bond motifs is 14. The van der Waals surface area contributed by atoms with Crippen LogP contribution in [0.1, 0.15) is 67.8 Å². The number of aromatic nitrogens is 1. The van der Waals surface area contributed by atoms with Crippen LogP contribution in [-0.4, -0.2) is 4.57 Å². The molecule has 0 aliphatic heterocycles. The number of benzene rings is 17. The van der Waals surface area contributed by atoms with Crippen LogP contribution in [-0.2, 0) is 0 Å². The average Bonchev–Trinajstić information content (AvgIpc) is 1.59. The van der Waals surface area contributed by atoms with Crippen LogP contribution in [0, 0.1) is 0 Å². The molecule has 1 heterocycles. The van der Waals surface area contributed by atoms with E-state index in [0.717, 1.165) is 0 Å². The fourth-order valence-corrected chi connectivity index (χ4v) is 17.3. The van der Waals surface area contributed by atoms with E-state index < -0.39 is 0 Å². The number of para-hydroxylation sites is 1. The summed E-state index contributed by atoms with van der Waals surface area (Å²) in [6.07, 6.45) is 0. The van der Waals surface area contributed by atoms with Gasteiger partial charge in [-0.1, -0.05) is 334 Å². The summed E-state index contributed by atoms with van der Waals surface area (Å²) in [5.74, 6) is 0.586. The predicted octanol–water partition coefficient (Wildman–Crippen LogP) is 26.6. The van der Waals surface area contributed by atoms with Gasteiger partial charge in [-0.25, -0.2) is 0 Å². The van der Waals surface area contributed by atoms with Gasteiger partial charge in [0.25, 0.3) is 0 Å². The van der Waals surface area contributed by atoms with Gasteiger partial charge in [-0.15, -0.1) is 0 Å². The Hall–Kier alpha value is -12.9. The highest BCUT2D eigenvalue weighted by Crippen LogP contribution is 2.54. The Bertz CT molecular complexity index is 6270. The predicted molar refractivity (Wildman–Crippen MR) is 428 cm³/mol. The number of hydrogen-bond acceptors (Lipinski definition) is 0. The molecule has 3 unspecified atom stereocenters. The largest absolute Gasteiger partial charge is 0.309 e. The van der Waals surface area contributed by atoms with E-state index in [1.807, 2.05) is 0 Å². The minimum absolute atomic E-state index is 0.144. The standard InChI is InChI=1S/C54H36.C47H31N/c1-3-13-35(14-4-1)42-30-43(36-15-5-2-6-16-36)32-44(31-42)54-48-22-12-10-20-46(48)52-34-40(26-28-50(52)54)39-25-27-49-51(33-39)45-19-9-11-21-47(45)53(49)41-24-23-37-17-7-8-18-38(37)29-41;1-2-11-31(12-3-1)34-15-10-16-38(28-34)48-45-20-9-8-18-40(45)44-30-36(24-26-46(44)48)35-23-25-42-43(29-35)39-17-6-7-19-41(39)47(42)37-22-21-32-13-4-5-14-33(32)27-37/h1-34,53-54H;1-30,47H. The van der Waals surface area contributed by atoms with Crippen LogP contribution in [0.4, 0.5) is 0 Å². The summed E-state index contributed by atoms with van der Waals surface area (Å²) in [6, 6.07) is 144. The summed E-state index contributed by atoms with van der Waals surface area (Å²) in [5, 5.41) is 7.67. The minimum atomic E-state index is 0.144. The van der Waals surface area contributed by atoms with Crippen LogP contribution in [0.25, 0.3) is 138 Å². The Morgan fingerprint density at radius 1 is 0.167 bits per heavy atom. The van der Waals surface area contributed by atoms with Crippen molar-refractivity contribution in [1.82, 2.24) is 4.57 Å². The van der Waals surface area contributed by atoms with Crippen LogP contribution >= 0.6 is 0 Å². The van der Waals surface area contributed by atoms with Crippen molar-refractivity contribution in [3.8, 4) is 94.7 Å². The molecule has 21 rings (SSSR count). The molecule has 3 aliphatic rings. The topological polar surface area (TPSA) is 4.93 Å². The molecule has 18 aromatic rings. The molecular formula is C101H67N. The maximum atomic E-state index is 2.44. The third kappa shape index (κ3) is 10.1. The molecule has 3 atom stereocenters. The van der Waals surface area contributed by atoms with Gasteiger partial charge in [0, 0.05) is 34.2 Å². The molecule has 0 N–H and O–H groups in total. The zero-order valence-electron chi connectivity index (χ0n) is 56.1. The minimum Gasteiger partial charge on any atom is -0.309 e. The summed E-state index contributed by atoms with van der Waals surface area (Å²) < 4.78 is 2.41. The lowest BCUT2D eigenvalue weighted by molar-refractivity contribution is 1.02. The second-order valence-corrected chi connectivity index (χ2v) is 27.8. The summed E-state index contributed by atoms with van der Waals surface area (Å²) in [4.78, 5) is 0. The summed E-state index contributed by atoms with van der Waals surface area (Å²) >= 11 is 0. The van der Waals surface area contributed by atoms with Crippen molar-refractivity contribution < 1.29 is 0 Å². The zero-order chi connectivity index (χ0) is 67.2. The van der Waals surface area contributed by atoms with E-state index in [0.29, 0.717) is 0 Å². The fraction of sp³-hybridized carbons (Fsp3) is 0.0297.